The smallest absolute Gasteiger partial charge is 0.207 e. The van der Waals surface area contributed by atoms with Gasteiger partial charge in [-0.05, 0) is 44.0 Å². The Morgan fingerprint density at radius 3 is 2.59 bits per heavy atom. The van der Waals surface area contributed by atoms with Crippen LogP contribution in [0.3, 0.4) is 0 Å². The fraction of sp³-hybridized carbons (Fsp3) is 0.333. The van der Waals surface area contributed by atoms with E-state index < -0.39 is 15.8 Å². The van der Waals surface area contributed by atoms with Gasteiger partial charge in [-0.15, -0.1) is 11.3 Å². The maximum absolute atomic E-state index is 14.0. The zero-order chi connectivity index (χ0) is 15.9. The number of aryl methyl sites for hydroxylation is 1. The summed E-state index contributed by atoms with van der Waals surface area (Å²) in [6, 6.07) is 7.70. The van der Waals surface area contributed by atoms with Crippen molar-refractivity contribution in [1.82, 2.24) is 4.31 Å². The molecule has 1 fully saturated rings. The molecule has 3 nitrogen and oxygen atoms in total. The Balaban J connectivity index is 1.97. The van der Waals surface area contributed by atoms with Crippen molar-refractivity contribution in [3.63, 3.8) is 0 Å². The first-order valence-electron chi connectivity index (χ1n) is 6.91. The normalized spacial score (nSPS) is 15.5. The van der Waals surface area contributed by atoms with Crippen LogP contribution in [0.2, 0.25) is 5.02 Å². The standard InChI is InChI=1S/C15H15ClFNO2S2/c1-10-5-8-15(21-10)22(19,20)18(11-6-7-11)9-12-13(16)3-2-4-14(12)17/h2-5,8,11H,6-7,9H2,1H3. The fourth-order valence-corrected chi connectivity index (χ4v) is 5.57. The lowest BCUT2D eigenvalue weighted by Gasteiger charge is -2.22. The summed E-state index contributed by atoms with van der Waals surface area (Å²) in [5.41, 5.74) is 0.230. The average Bonchev–Trinajstić information content (AvgIpc) is 3.18. The highest BCUT2D eigenvalue weighted by atomic mass is 35.5. The van der Waals surface area contributed by atoms with Crippen LogP contribution >= 0.6 is 22.9 Å². The van der Waals surface area contributed by atoms with Crippen molar-refractivity contribution in [2.45, 2.75) is 36.6 Å². The van der Waals surface area contributed by atoms with E-state index in [-0.39, 0.29) is 23.2 Å². The second-order valence-electron chi connectivity index (χ2n) is 5.35. The molecule has 1 aliphatic rings. The molecule has 1 aliphatic carbocycles. The van der Waals surface area contributed by atoms with Crippen LogP contribution in [0.15, 0.2) is 34.5 Å². The number of benzene rings is 1. The third-order valence-corrected chi connectivity index (χ3v) is 7.33. The van der Waals surface area contributed by atoms with Crippen molar-refractivity contribution >= 4 is 33.0 Å². The molecular weight excluding hydrogens is 345 g/mol. The number of sulfonamides is 1. The van der Waals surface area contributed by atoms with Crippen LogP contribution in [-0.4, -0.2) is 18.8 Å². The first-order valence-corrected chi connectivity index (χ1v) is 9.54. The zero-order valence-corrected chi connectivity index (χ0v) is 14.3. The van der Waals surface area contributed by atoms with Crippen LogP contribution in [0.4, 0.5) is 4.39 Å². The molecule has 1 aromatic carbocycles. The minimum absolute atomic E-state index is 0.0323. The van der Waals surface area contributed by atoms with Gasteiger partial charge in [0.05, 0.1) is 0 Å². The van der Waals surface area contributed by atoms with Crippen LogP contribution in [0, 0.1) is 12.7 Å². The molecule has 0 amide bonds. The number of hydrogen-bond donors (Lipinski definition) is 0. The van der Waals surface area contributed by atoms with E-state index in [0.29, 0.717) is 4.21 Å². The van der Waals surface area contributed by atoms with Gasteiger partial charge in [0.25, 0.3) is 10.0 Å². The van der Waals surface area contributed by atoms with E-state index in [0.717, 1.165) is 17.7 Å². The molecule has 1 saturated carbocycles. The minimum atomic E-state index is -3.62. The van der Waals surface area contributed by atoms with Crippen LogP contribution in [0.1, 0.15) is 23.3 Å². The van der Waals surface area contributed by atoms with Gasteiger partial charge in [-0.2, -0.15) is 4.31 Å². The highest BCUT2D eigenvalue weighted by Crippen LogP contribution is 2.36. The lowest BCUT2D eigenvalue weighted by Crippen LogP contribution is -2.32. The molecule has 1 aromatic heterocycles. The predicted octanol–water partition coefficient (Wildman–Crippen LogP) is 4.20. The zero-order valence-electron chi connectivity index (χ0n) is 11.9. The van der Waals surface area contributed by atoms with Crippen molar-refractivity contribution < 1.29 is 12.8 Å². The lowest BCUT2D eigenvalue weighted by atomic mass is 10.2. The molecule has 0 atom stereocenters. The summed E-state index contributed by atoms with van der Waals surface area (Å²) >= 11 is 7.27. The van der Waals surface area contributed by atoms with Crippen LogP contribution in [-0.2, 0) is 16.6 Å². The molecule has 0 radical (unpaired) electrons. The molecule has 0 aliphatic heterocycles. The Kier molecular flexibility index (Phi) is 4.29. The largest absolute Gasteiger partial charge is 0.253 e. The lowest BCUT2D eigenvalue weighted by molar-refractivity contribution is 0.393. The molecule has 0 N–H and O–H groups in total. The second kappa shape index (κ2) is 5.92. The van der Waals surface area contributed by atoms with Gasteiger partial charge in [-0.25, -0.2) is 12.8 Å². The summed E-state index contributed by atoms with van der Waals surface area (Å²) in [5, 5.41) is 0.253. The molecule has 2 aromatic rings. The van der Waals surface area contributed by atoms with Gasteiger partial charge < -0.3 is 0 Å². The van der Waals surface area contributed by atoms with Gasteiger partial charge in [-0.3, -0.25) is 0 Å². The van der Waals surface area contributed by atoms with Gasteiger partial charge in [0, 0.05) is 28.0 Å². The molecular formula is C15H15ClFNO2S2. The third kappa shape index (κ3) is 3.06. The summed E-state index contributed by atoms with van der Waals surface area (Å²) in [6.07, 6.45) is 1.60. The van der Waals surface area contributed by atoms with Gasteiger partial charge >= 0.3 is 0 Å². The molecule has 0 bridgehead atoms. The SMILES string of the molecule is Cc1ccc(S(=O)(=O)N(Cc2c(F)cccc2Cl)C2CC2)s1. The molecule has 1 heterocycles. The predicted molar refractivity (Wildman–Crippen MR) is 86.2 cm³/mol. The highest BCUT2D eigenvalue weighted by molar-refractivity contribution is 7.91. The minimum Gasteiger partial charge on any atom is -0.207 e. The number of halogens is 2. The van der Waals surface area contributed by atoms with Gasteiger partial charge in [0.1, 0.15) is 10.0 Å². The number of rotatable bonds is 5. The van der Waals surface area contributed by atoms with Gasteiger partial charge in [0.2, 0.25) is 0 Å². The topological polar surface area (TPSA) is 37.4 Å². The fourth-order valence-electron chi connectivity index (χ4n) is 2.28. The summed E-state index contributed by atoms with van der Waals surface area (Å²) in [7, 11) is -3.62. The quantitative estimate of drug-likeness (QED) is 0.802. The number of nitrogens with zero attached hydrogens (tertiary/aromatic N) is 1. The van der Waals surface area contributed by atoms with Crippen LogP contribution in [0.25, 0.3) is 0 Å². The molecule has 118 valence electrons. The average molecular weight is 360 g/mol. The van der Waals surface area contributed by atoms with Crippen molar-refractivity contribution in [3.05, 3.63) is 51.6 Å². The number of hydrogen-bond acceptors (Lipinski definition) is 3. The molecule has 3 rings (SSSR count). The maximum atomic E-state index is 14.0. The van der Waals surface area contributed by atoms with E-state index in [1.807, 2.05) is 6.92 Å². The van der Waals surface area contributed by atoms with E-state index in [2.05, 4.69) is 0 Å². The Labute approximate surface area is 138 Å². The van der Waals surface area contributed by atoms with Crippen molar-refractivity contribution in [1.29, 1.82) is 0 Å². The van der Waals surface area contributed by atoms with E-state index >= 15 is 0 Å². The summed E-state index contributed by atoms with van der Waals surface area (Å²) in [6.45, 7) is 1.83. The summed E-state index contributed by atoms with van der Waals surface area (Å²) < 4.78 is 41.3. The Morgan fingerprint density at radius 1 is 1.32 bits per heavy atom. The Bertz CT molecular complexity index is 779. The first-order chi connectivity index (χ1) is 10.4. The van der Waals surface area contributed by atoms with E-state index in [4.69, 9.17) is 11.6 Å². The highest BCUT2D eigenvalue weighted by Gasteiger charge is 2.39. The second-order valence-corrected chi connectivity index (χ2v) is 9.16. The van der Waals surface area contributed by atoms with E-state index in [1.165, 1.54) is 27.8 Å². The number of thiophene rings is 1. The summed E-state index contributed by atoms with van der Waals surface area (Å²) in [4.78, 5) is 0.929. The van der Waals surface area contributed by atoms with Crippen molar-refractivity contribution in [2.75, 3.05) is 0 Å². The third-order valence-electron chi connectivity index (χ3n) is 3.61. The molecule has 0 saturated heterocycles. The maximum Gasteiger partial charge on any atom is 0.253 e. The van der Waals surface area contributed by atoms with Crippen molar-refractivity contribution in [3.8, 4) is 0 Å². The molecule has 0 spiro atoms. The molecule has 22 heavy (non-hydrogen) atoms. The summed E-state index contributed by atoms with van der Waals surface area (Å²) in [5.74, 6) is -0.476. The van der Waals surface area contributed by atoms with E-state index in [1.54, 1.807) is 18.2 Å². The van der Waals surface area contributed by atoms with Gasteiger partial charge in [0.15, 0.2) is 0 Å². The Hall–Kier alpha value is -0.950. The monoisotopic (exact) mass is 359 g/mol. The van der Waals surface area contributed by atoms with Crippen LogP contribution < -0.4 is 0 Å². The van der Waals surface area contributed by atoms with E-state index in [9.17, 15) is 12.8 Å². The first kappa shape index (κ1) is 15.9. The van der Waals surface area contributed by atoms with Crippen molar-refractivity contribution in [2.24, 2.45) is 0 Å². The Morgan fingerprint density at radius 2 is 2.05 bits per heavy atom. The van der Waals surface area contributed by atoms with Gasteiger partial charge in [-0.1, -0.05) is 17.7 Å². The molecule has 7 heteroatoms. The molecule has 0 unspecified atom stereocenters. The van der Waals surface area contributed by atoms with Crippen LogP contribution in [0.5, 0.6) is 0 Å².